The second-order valence-electron chi connectivity index (χ2n) is 5.63. The Morgan fingerprint density at radius 3 is 2.61 bits per heavy atom. The van der Waals surface area contributed by atoms with Gasteiger partial charge in [0.2, 0.25) is 5.88 Å². The van der Waals surface area contributed by atoms with E-state index in [9.17, 15) is 4.39 Å². The van der Waals surface area contributed by atoms with Gasteiger partial charge in [0.15, 0.2) is 5.29 Å². The average Bonchev–Trinajstić information content (AvgIpc) is 2.53. The molecule has 1 heterocycles. The van der Waals surface area contributed by atoms with E-state index in [0.717, 1.165) is 11.4 Å². The molecule has 0 aliphatic heterocycles. The van der Waals surface area contributed by atoms with Gasteiger partial charge in [-0.05, 0) is 44.5 Å². The van der Waals surface area contributed by atoms with Crippen molar-refractivity contribution in [1.82, 2.24) is 4.98 Å². The molecule has 1 aromatic heterocycles. The highest BCUT2D eigenvalue weighted by molar-refractivity contribution is 6.28. The summed E-state index contributed by atoms with van der Waals surface area (Å²) in [6.07, 6.45) is 1.67. The van der Waals surface area contributed by atoms with Gasteiger partial charge in [-0.1, -0.05) is 35.9 Å². The maximum Gasteiger partial charge on any atom is 0.219 e. The summed E-state index contributed by atoms with van der Waals surface area (Å²) < 4.78 is 24.1. The van der Waals surface area contributed by atoms with Crippen LogP contribution in [0.3, 0.4) is 0 Å². The van der Waals surface area contributed by atoms with Crippen LogP contribution in [0.15, 0.2) is 59.9 Å². The Labute approximate surface area is 140 Å². The molecule has 0 radical (unpaired) electrons. The molecule has 0 N–H and O–H groups in total. The standard InChI is InChI=1S/C18H19ClFNO2/c1-18(2,12-11-16(19)20)22-13-14-7-6-10-17(21-14)23-15-8-4-3-5-9-15/h3-11H,12-13H2,1-2H3. The van der Waals surface area contributed by atoms with Gasteiger partial charge < -0.3 is 9.47 Å². The Morgan fingerprint density at radius 2 is 1.91 bits per heavy atom. The predicted octanol–water partition coefficient (Wildman–Crippen LogP) is 5.61. The first kappa shape index (κ1) is 17.4. The average molecular weight is 336 g/mol. The third-order valence-electron chi connectivity index (χ3n) is 3.11. The second-order valence-corrected chi connectivity index (χ2v) is 5.99. The smallest absolute Gasteiger partial charge is 0.219 e. The van der Waals surface area contributed by atoms with Crippen LogP contribution in [-0.4, -0.2) is 10.6 Å². The fraction of sp³-hybridized carbons (Fsp3) is 0.278. The third-order valence-corrected chi connectivity index (χ3v) is 3.26. The molecule has 0 aliphatic carbocycles. The van der Waals surface area contributed by atoms with Crippen molar-refractivity contribution in [2.45, 2.75) is 32.5 Å². The van der Waals surface area contributed by atoms with E-state index in [2.05, 4.69) is 4.98 Å². The van der Waals surface area contributed by atoms with Crippen LogP contribution in [0.4, 0.5) is 4.39 Å². The quantitative estimate of drug-likeness (QED) is 0.659. The number of rotatable bonds is 7. The van der Waals surface area contributed by atoms with E-state index in [4.69, 9.17) is 21.1 Å². The van der Waals surface area contributed by atoms with Gasteiger partial charge in [0, 0.05) is 6.07 Å². The lowest BCUT2D eigenvalue weighted by atomic mass is 10.1. The van der Waals surface area contributed by atoms with Crippen LogP contribution < -0.4 is 4.74 Å². The Morgan fingerprint density at radius 1 is 1.17 bits per heavy atom. The van der Waals surface area contributed by atoms with E-state index in [1.807, 2.05) is 56.3 Å². The molecule has 0 aliphatic rings. The highest BCUT2D eigenvalue weighted by atomic mass is 35.5. The van der Waals surface area contributed by atoms with Crippen molar-refractivity contribution in [3.63, 3.8) is 0 Å². The molecule has 3 nitrogen and oxygen atoms in total. The van der Waals surface area contributed by atoms with Gasteiger partial charge in [-0.2, -0.15) is 4.39 Å². The van der Waals surface area contributed by atoms with E-state index < -0.39 is 10.9 Å². The molecular formula is C18H19ClFNO2. The maximum absolute atomic E-state index is 12.6. The molecule has 2 aromatic rings. The lowest BCUT2D eigenvalue weighted by molar-refractivity contribution is -0.0285. The second kappa shape index (κ2) is 8.09. The first-order valence-corrected chi connectivity index (χ1v) is 7.66. The summed E-state index contributed by atoms with van der Waals surface area (Å²) in [6.45, 7) is 4.04. The first-order valence-electron chi connectivity index (χ1n) is 7.28. The normalized spacial score (nSPS) is 12.3. The molecule has 23 heavy (non-hydrogen) atoms. The van der Waals surface area contributed by atoms with Crippen LogP contribution in [0.1, 0.15) is 26.0 Å². The number of nitrogens with zero attached hydrogens (tertiary/aromatic N) is 1. The van der Waals surface area contributed by atoms with Gasteiger partial charge in [0.05, 0.1) is 17.9 Å². The van der Waals surface area contributed by atoms with Crippen molar-refractivity contribution in [1.29, 1.82) is 0 Å². The molecule has 0 saturated heterocycles. The SMILES string of the molecule is CC(C)(CC=C(F)Cl)OCc1cccc(Oc2ccccc2)n1. The van der Waals surface area contributed by atoms with Crippen LogP contribution in [0.2, 0.25) is 0 Å². The molecule has 0 bridgehead atoms. The lowest BCUT2D eigenvalue weighted by Gasteiger charge is -2.23. The molecule has 0 saturated carbocycles. The number of hydrogen-bond donors (Lipinski definition) is 0. The van der Waals surface area contributed by atoms with E-state index >= 15 is 0 Å². The zero-order valence-corrected chi connectivity index (χ0v) is 13.9. The number of halogens is 2. The van der Waals surface area contributed by atoms with Crippen molar-refractivity contribution in [3.8, 4) is 11.6 Å². The fourth-order valence-corrected chi connectivity index (χ4v) is 1.93. The van der Waals surface area contributed by atoms with Crippen molar-refractivity contribution in [2.75, 3.05) is 0 Å². The first-order chi connectivity index (χ1) is 10.9. The van der Waals surface area contributed by atoms with Crippen molar-refractivity contribution < 1.29 is 13.9 Å². The Balaban J connectivity index is 1.96. The Kier molecular flexibility index (Phi) is 6.13. The monoisotopic (exact) mass is 335 g/mol. The van der Waals surface area contributed by atoms with E-state index in [0.29, 0.717) is 18.9 Å². The number of ether oxygens (including phenoxy) is 2. The maximum atomic E-state index is 12.6. The highest BCUT2D eigenvalue weighted by Gasteiger charge is 2.17. The number of para-hydroxylation sites is 1. The zero-order chi connectivity index (χ0) is 16.7. The van der Waals surface area contributed by atoms with Gasteiger partial charge in [-0.25, -0.2) is 4.98 Å². The minimum absolute atomic E-state index is 0.302. The summed E-state index contributed by atoms with van der Waals surface area (Å²) in [5.74, 6) is 1.22. The number of pyridine rings is 1. The number of benzene rings is 1. The number of hydrogen-bond acceptors (Lipinski definition) is 3. The Bertz CT molecular complexity index is 655. The molecule has 0 atom stereocenters. The lowest BCUT2D eigenvalue weighted by Crippen LogP contribution is -2.23. The van der Waals surface area contributed by atoms with Crippen molar-refractivity contribution >= 4 is 11.6 Å². The summed E-state index contributed by atoms with van der Waals surface area (Å²) in [4.78, 5) is 4.40. The van der Waals surface area contributed by atoms with Crippen LogP contribution in [0.25, 0.3) is 0 Å². The van der Waals surface area contributed by atoms with Crippen LogP contribution >= 0.6 is 11.6 Å². The van der Waals surface area contributed by atoms with Gasteiger partial charge in [-0.3, -0.25) is 0 Å². The van der Waals surface area contributed by atoms with Gasteiger partial charge in [0.1, 0.15) is 5.75 Å². The summed E-state index contributed by atoms with van der Waals surface area (Å²) in [5, 5.41) is -0.724. The minimum Gasteiger partial charge on any atom is -0.439 e. The summed E-state index contributed by atoms with van der Waals surface area (Å²) >= 11 is 5.21. The van der Waals surface area contributed by atoms with Gasteiger partial charge in [-0.15, -0.1) is 0 Å². The van der Waals surface area contributed by atoms with E-state index in [1.54, 1.807) is 6.07 Å². The summed E-state index contributed by atoms with van der Waals surface area (Å²) in [5.41, 5.74) is 0.200. The molecule has 2 rings (SSSR count). The molecule has 1 aromatic carbocycles. The molecule has 0 unspecified atom stereocenters. The molecule has 0 amide bonds. The van der Waals surface area contributed by atoms with Gasteiger partial charge in [0.25, 0.3) is 0 Å². The topological polar surface area (TPSA) is 31.4 Å². The molecule has 5 heteroatoms. The summed E-state index contributed by atoms with van der Waals surface area (Å²) in [7, 11) is 0. The molecular weight excluding hydrogens is 317 g/mol. The highest BCUT2D eigenvalue weighted by Crippen LogP contribution is 2.22. The van der Waals surface area contributed by atoms with Crippen molar-refractivity contribution in [2.24, 2.45) is 0 Å². The number of aromatic nitrogens is 1. The van der Waals surface area contributed by atoms with Crippen LogP contribution in [-0.2, 0) is 11.3 Å². The molecule has 122 valence electrons. The fourth-order valence-electron chi connectivity index (χ4n) is 1.86. The van der Waals surface area contributed by atoms with Crippen LogP contribution in [0, 0.1) is 0 Å². The minimum atomic E-state index is -0.724. The van der Waals surface area contributed by atoms with E-state index in [1.165, 1.54) is 6.08 Å². The largest absolute Gasteiger partial charge is 0.439 e. The molecule has 0 fully saturated rings. The van der Waals surface area contributed by atoms with Crippen molar-refractivity contribution in [3.05, 3.63) is 65.6 Å². The zero-order valence-electron chi connectivity index (χ0n) is 13.1. The van der Waals surface area contributed by atoms with Crippen LogP contribution in [0.5, 0.6) is 11.6 Å². The van der Waals surface area contributed by atoms with Gasteiger partial charge >= 0.3 is 0 Å². The van der Waals surface area contributed by atoms with E-state index in [-0.39, 0.29) is 0 Å². The molecule has 0 spiro atoms. The third kappa shape index (κ3) is 6.38. The Hall–Kier alpha value is -1.91. The summed E-state index contributed by atoms with van der Waals surface area (Å²) in [6, 6.07) is 14.9. The predicted molar refractivity (Wildman–Crippen MR) is 89.3 cm³/mol.